The van der Waals surface area contributed by atoms with Crippen molar-refractivity contribution < 1.29 is 4.79 Å². The van der Waals surface area contributed by atoms with E-state index in [1.54, 1.807) is 0 Å². The summed E-state index contributed by atoms with van der Waals surface area (Å²) in [6.07, 6.45) is 5.95. The van der Waals surface area contributed by atoms with E-state index in [2.05, 4.69) is 27.5 Å². The summed E-state index contributed by atoms with van der Waals surface area (Å²) in [4.78, 5) is 15.1. The molecule has 1 unspecified atom stereocenters. The number of carbonyl (C=O) groups excluding carboxylic acids is 1. The van der Waals surface area contributed by atoms with Crippen LogP contribution in [-0.2, 0) is 0 Å². The van der Waals surface area contributed by atoms with E-state index in [9.17, 15) is 4.79 Å². The quantitative estimate of drug-likeness (QED) is 0.894. The molecule has 116 valence electrons. The van der Waals surface area contributed by atoms with Crippen LogP contribution in [0, 0.1) is 0 Å². The Bertz CT molecular complexity index is 681. The third kappa shape index (κ3) is 2.29. The predicted octanol–water partition coefficient (Wildman–Crippen LogP) is 2.31. The van der Waals surface area contributed by atoms with Gasteiger partial charge in [0, 0.05) is 23.5 Å². The van der Waals surface area contributed by atoms with Gasteiger partial charge < -0.3 is 10.2 Å². The molecule has 2 aliphatic rings. The summed E-state index contributed by atoms with van der Waals surface area (Å²) in [6.45, 7) is 0. The van der Waals surface area contributed by atoms with Crippen LogP contribution in [-0.4, -0.2) is 46.2 Å². The van der Waals surface area contributed by atoms with Crippen molar-refractivity contribution in [2.24, 2.45) is 0 Å². The Morgan fingerprint density at radius 3 is 2.77 bits per heavy atom. The van der Waals surface area contributed by atoms with Crippen molar-refractivity contribution in [2.45, 2.75) is 50.2 Å². The maximum absolute atomic E-state index is 12.6. The lowest BCUT2D eigenvalue weighted by Crippen LogP contribution is -2.55. The van der Waals surface area contributed by atoms with Gasteiger partial charge in [0.2, 0.25) is 0 Å². The number of H-pyrrole nitrogens is 1. The Morgan fingerprint density at radius 1 is 1.27 bits per heavy atom. The SMILES string of the molecule is CN1[C@@H]2CCC[C@H]1CC(NC(=O)c1n[nH]c3ccccc13)C2. The first-order chi connectivity index (χ1) is 10.7. The molecule has 0 aliphatic carbocycles. The maximum Gasteiger partial charge on any atom is 0.272 e. The number of nitrogens with one attached hydrogen (secondary N) is 2. The molecule has 0 saturated carbocycles. The van der Waals surface area contributed by atoms with Gasteiger partial charge >= 0.3 is 0 Å². The zero-order chi connectivity index (χ0) is 15.1. The van der Waals surface area contributed by atoms with E-state index in [-0.39, 0.29) is 11.9 Å². The van der Waals surface area contributed by atoms with Crippen LogP contribution in [0.3, 0.4) is 0 Å². The number of nitrogens with zero attached hydrogens (tertiary/aromatic N) is 2. The van der Waals surface area contributed by atoms with Gasteiger partial charge in [0.05, 0.1) is 5.52 Å². The van der Waals surface area contributed by atoms with Crippen molar-refractivity contribution in [3.8, 4) is 0 Å². The van der Waals surface area contributed by atoms with E-state index < -0.39 is 0 Å². The van der Waals surface area contributed by atoms with Crippen LogP contribution in [0.2, 0.25) is 0 Å². The van der Waals surface area contributed by atoms with Crippen LogP contribution in [0.4, 0.5) is 0 Å². The Kier molecular flexibility index (Phi) is 3.37. The number of aromatic nitrogens is 2. The first-order valence-corrected chi connectivity index (χ1v) is 8.18. The Labute approximate surface area is 130 Å². The number of piperidine rings is 2. The van der Waals surface area contributed by atoms with Crippen LogP contribution in [0.5, 0.6) is 0 Å². The minimum Gasteiger partial charge on any atom is -0.348 e. The predicted molar refractivity (Wildman–Crippen MR) is 85.8 cm³/mol. The van der Waals surface area contributed by atoms with Gasteiger partial charge in [0.1, 0.15) is 0 Å². The van der Waals surface area contributed by atoms with Gasteiger partial charge in [-0.1, -0.05) is 24.6 Å². The number of hydrogen-bond donors (Lipinski definition) is 2. The van der Waals surface area contributed by atoms with Gasteiger partial charge in [-0.15, -0.1) is 0 Å². The molecule has 4 rings (SSSR count). The van der Waals surface area contributed by atoms with Gasteiger partial charge in [0.25, 0.3) is 5.91 Å². The molecule has 3 heterocycles. The normalized spacial score (nSPS) is 28.7. The third-order valence-electron chi connectivity index (χ3n) is 5.36. The van der Waals surface area contributed by atoms with Crippen molar-refractivity contribution in [1.82, 2.24) is 20.4 Å². The minimum absolute atomic E-state index is 0.0509. The van der Waals surface area contributed by atoms with Crippen LogP contribution >= 0.6 is 0 Å². The number of fused-ring (bicyclic) bond motifs is 3. The molecule has 2 aliphatic heterocycles. The molecule has 2 saturated heterocycles. The van der Waals surface area contributed by atoms with Crippen LogP contribution < -0.4 is 5.32 Å². The fraction of sp³-hybridized carbons (Fsp3) is 0.529. The van der Waals surface area contributed by atoms with Gasteiger partial charge in [-0.05, 0) is 38.8 Å². The van der Waals surface area contributed by atoms with Crippen LogP contribution in [0.1, 0.15) is 42.6 Å². The Morgan fingerprint density at radius 2 is 2.00 bits per heavy atom. The number of amides is 1. The zero-order valence-corrected chi connectivity index (χ0v) is 12.9. The largest absolute Gasteiger partial charge is 0.348 e. The van der Waals surface area contributed by atoms with Crippen molar-refractivity contribution in [1.29, 1.82) is 0 Å². The number of aromatic amines is 1. The van der Waals surface area contributed by atoms with Crippen LogP contribution in [0.25, 0.3) is 10.9 Å². The third-order valence-corrected chi connectivity index (χ3v) is 5.36. The highest BCUT2D eigenvalue weighted by molar-refractivity contribution is 6.04. The first kappa shape index (κ1) is 13.8. The summed E-state index contributed by atoms with van der Waals surface area (Å²) in [5.74, 6) is -0.0509. The van der Waals surface area contributed by atoms with Gasteiger partial charge in [0.15, 0.2) is 5.69 Å². The summed E-state index contributed by atoms with van der Waals surface area (Å²) < 4.78 is 0. The van der Waals surface area contributed by atoms with E-state index >= 15 is 0 Å². The number of hydrogen-bond acceptors (Lipinski definition) is 3. The smallest absolute Gasteiger partial charge is 0.272 e. The summed E-state index contributed by atoms with van der Waals surface area (Å²) >= 11 is 0. The fourth-order valence-electron chi connectivity index (χ4n) is 4.12. The number of rotatable bonds is 2. The molecule has 1 amide bonds. The molecule has 5 heteroatoms. The highest BCUT2D eigenvalue weighted by atomic mass is 16.2. The first-order valence-electron chi connectivity index (χ1n) is 8.18. The van der Waals surface area contributed by atoms with E-state index in [1.165, 1.54) is 19.3 Å². The van der Waals surface area contributed by atoms with Crippen molar-refractivity contribution >= 4 is 16.8 Å². The topological polar surface area (TPSA) is 61.0 Å². The standard InChI is InChI=1S/C17H22N4O/c1-21-12-5-4-6-13(21)10-11(9-12)18-17(22)16-14-7-2-3-8-15(14)19-20-16/h2-3,7-8,11-13H,4-6,9-10H2,1H3,(H,18,22)(H,19,20)/t11?,12-,13+. The second-order valence-corrected chi connectivity index (χ2v) is 6.66. The molecule has 22 heavy (non-hydrogen) atoms. The summed E-state index contributed by atoms with van der Waals surface area (Å²) in [5.41, 5.74) is 1.42. The van der Waals surface area contributed by atoms with Gasteiger partial charge in [-0.25, -0.2) is 0 Å². The van der Waals surface area contributed by atoms with E-state index in [0.717, 1.165) is 23.7 Å². The Hall–Kier alpha value is -1.88. The molecule has 2 bridgehead atoms. The van der Waals surface area contributed by atoms with E-state index in [0.29, 0.717) is 17.8 Å². The number of carbonyl (C=O) groups is 1. The number of para-hydroxylation sites is 1. The second kappa shape index (κ2) is 5.39. The Balaban J connectivity index is 1.50. The minimum atomic E-state index is -0.0509. The second-order valence-electron chi connectivity index (χ2n) is 6.66. The van der Waals surface area contributed by atoms with Crippen molar-refractivity contribution in [3.63, 3.8) is 0 Å². The molecule has 5 nitrogen and oxygen atoms in total. The average molecular weight is 298 g/mol. The average Bonchev–Trinajstić information content (AvgIpc) is 2.92. The lowest BCUT2D eigenvalue weighted by Gasteiger charge is -2.47. The maximum atomic E-state index is 12.6. The molecule has 2 N–H and O–H groups in total. The molecule has 1 aromatic heterocycles. The highest BCUT2D eigenvalue weighted by Gasteiger charge is 2.36. The summed E-state index contributed by atoms with van der Waals surface area (Å²) in [5, 5.41) is 11.2. The van der Waals surface area contributed by atoms with Crippen molar-refractivity contribution in [2.75, 3.05) is 7.05 Å². The molecule has 1 aromatic carbocycles. The van der Waals surface area contributed by atoms with Gasteiger partial charge in [-0.3, -0.25) is 9.89 Å². The zero-order valence-electron chi connectivity index (χ0n) is 12.9. The fourth-order valence-corrected chi connectivity index (χ4v) is 4.12. The molecule has 3 atom stereocenters. The molecule has 0 radical (unpaired) electrons. The molecule has 2 aromatic rings. The van der Waals surface area contributed by atoms with Gasteiger partial charge in [-0.2, -0.15) is 5.10 Å². The summed E-state index contributed by atoms with van der Waals surface area (Å²) in [6, 6.07) is 9.28. The van der Waals surface area contributed by atoms with Crippen LogP contribution in [0.15, 0.2) is 24.3 Å². The van der Waals surface area contributed by atoms with E-state index in [1.807, 2.05) is 24.3 Å². The monoisotopic (exact) mass is 298 g/mol. The lowest BCUT2D eigenvalue weighted by molar-refractivity contribution is 0.0462. The molecular formula is C17H22N4O. The number of benzene rings is 1. The molecule has 0 spiro atoms. The highest BCUT2D eigenvalue weighted by Crippen LogP contribution is 2.32. The summed E-state index contributed by atoms with van der Waals surface area (Å²) in [7, 11) is 2.23. The molecule has 2 fully saturated rings. The lowest BCUT2D eigenvalue weighted by atomic mass is 9.82. The van der Waals surface area contributed by atoms with E-state index in [4.69, 9.17) is 0 Å². The molecular weight excluding hydrogens is 276 g/mol. The van der Waals surface area contributed by atoms with Crippen molar-refractivity contribution in [3.05, 3.63) is 30.0 Å².